The number of carboxylic acid groups (broad SMARTS) is 1. The maximum Gasteiger partial charge on any atom is 0.330 e. The van der Waals surface area contributed by atoms with Crippen LogP contribution in [-0.4, -0.2) is 162 Å². The van der Waals surface area contributed by atoms with E-state index in [0.717, 1.165) is 72.8 Å². The molecule has 0 unspecified atom stereocenters. The molecule has 7 amide bonds. The van der Waals surface area contributed by atoms with Gasteiger partial charge in [0, 0.05) is 22.8 Å². The smallest absolute Gasteiger partial charge is 0.330 e. The number of aliphatic hydroxyl groups excluding tert-OH is 5. The summed E-state index contributed by atoms with van der Waals surface area (Å²) in [7, 11) is 1.47. The zero-order valence-electron chi connectivity index (χ0n) is 47.9. The topological polar surface area (TPSA) is 466 Å². The van der Waals surface area contributed by atoms with Crippen LogP contribution in [0.2, 0.25) is 10.0 Å². The highest BCUT2D eigenvalue weighted by atomic mass is 35.5. The van der Waals surface area contributed by atoms with Crippen molar-refractivity contribution in [3.05, 3.63) is 117 Å². The number of aliphatic carboxylic acids is 1. The number of phenols is 3. The molecule has 5 aromatic carbocycles. The Morgan fingerprint density at radius 3 is 1.85 bits per heavy atom. The Morgan fingerprint density at radius 1 is 0.670 bits per heavy atom. The van der Waals surface area contributed by atoms with E-state index in [1.165, 1.54) is 13.1 Å². The molecule has 1 saturated heterocycles. The molecule has 484 valence electrons. The number of amides is 7. The van der Waals surface area contributed by atoms with E-state index in [4.69, 9.17) is 47.9 Å². The first kappa shape index (κ1) is 66.3. The van der Waals surface area contributed by atoms with E-state index in [2.05, 4.69) is 37.2 Å². The molecule has 91 heavy (non-hydrogen) atoms. The summed E-state index contributed by atoms with van der Waals surface area (Å²) in [5.41, 5.74) is 2.82. The maximum atomic E-state index is 15.7. The third kappa shape index (κ3) is 14.0. The van der Waals surface area contributed by atoms with Crippen LogP contribution in [0, 0.1) is 5.92 Å². The fourth-order valence-corrected chi connectivity index (χ4v) is 11.2. The fraction of sp³-hybridized carbons (Fsp3) is 0.356. The Balaban J connectivity index is 1.32. The molecule has 0 radical (unpaired) electrons. The van der Waals surface area contributed by atoms with Crippen LogP contribution in [0.5, 0.6) is 46.0 Å². The second kappa shape index (κ2) is 27.2. The van der Waals surface area contributed by atoms with Crippen LogP contribution in [0.3, 0.4) is 0 Å². The van der Waals surface area contributed by atoms with E-state index < -0.39 is 213 Å². The number of primary amides is 1. The summed E-state index contributed by atoms with van der Waals surface area (Å²) in [6.07, 6.45) is -15.5. The quantitative estimate of drug-likeness (QED) is 0.0871. The first-order valence-electron chi connectivity index (χ1n) is 27.9. The fourth-order valence-electron chi connectivity index (χ4n) is 10.7. The van der Waals surface area contributed by atoms with Crippen LogP contribution in [0.4, 0.5) is 4.39 Å². The molecule has 29 nitrogen and oxygen atoms in total. The van der Waals surface area contributed by atoms with Crippen molar-refractivity contribution in [1.29, 1.82) is 0 Å². The van der Waals surface area contributed by atoms with Crippen molar-refractivity contribution in [2.45, 2.75) is 112 Å². The van der Waals surface area contributed by atoms with Gasteiger partial charge in [-0.05, 0) is 96.2 Å². The van der Waals surface area contributed by atoms with E-state index in [0.29, 0.717) is 0 Å². The van der Waals surface area contributed by atoms with Gasteiger partial charge in [0.05, 0.1) is 22.5 Å². The van der Waals surface area contributed by atoms with Gasteiger partial charge in [0.2, 0.25) is 53.4 Å². The van der Waals surface area contributed by atoms with Crippen molar-refractivity contribution in [2.75, 3.05) is 13.7 Å². The van der Waals surface area contributed by atoms with Gasteiger partial charge in [0.15, 0.2) is 17.5 Å². The van der Waals surface area contributed by atoms with Crippen molar-refractivity contribution >= 4 is 70.5 Å². The minimum atomic E-state index is -2.33. The van der Waals surface area contributed by atoms with Crippen LogP contribution < -0.4 is 57.2 Å². The monoisotopic (exact) mass is 1310 g/mol. The molecule has 1 fully saturated rings. The number of carboxylic acids is 1. The minimum Gasteiger partial charge on any atom is -0.508 e. The zero-order valence-corrected chi connectivity index (χ0v) is 49.4. The van der Waals surface area contributed by atoms with E-state index in [-0.39, 0.29) is 39.8 Å². The summed E-state index contributed by atoms with van der Waals surface area (Å²) < 4.78 is 39.1. The van der Waals surface area contributed by atoms with Crippen molar-refractivity contribution in [2.24, 2.45) is 11.7 Å². The van der Waals surface area contributed by atoms with Crippen molar-refractivity contribution in [3.8, 4) is 57.1 Å². The highest BCUT2D eigenvalue weighted by Crippen LogP contribution is 2.49. The average Bonchev–Trinajstić information content (AvgIpc) is 0.790. The first-order chi connectivity index (χ1) is 43.1. The number of aromatic hydroxyl groups is 3. The third-order valence-corrected chi connectivity index (χ3v) is 16.0. The normalized spacial score (nSPS) is 26.2. The number of rotatable bonds is 11. The summed E-state index contributed by atoms with van der Waals surface area (Å²) in [5.74, 6) is -16.1. The molecule has 0 aromatic heterocycles. The van der Waals surface area contributed by atoms with Gasteiger partial charge in [0.25, 0.3) is 0 Å². The summed E-state index contributed by atoms with van der Waals surface area (Å²) in [6, 6.07) is -0.850. The maximum absolute atomic E-state index is 15.7. The number of ether oxygens (including phenoxy) is 4. The number of phenolic OH excluding ortho intramolecular Hbond substituents is 3. The molecule has 11 bridgehead atoms. The molecule has 14 atom stereocenters. The lowest BCUT2D eigenvalue weighted by Gasteiger charge is -2.39. The second-order valence-corrected chi connectivity index (χ2v) is 23.0. The molecule has 18 N–H and O–H groups in total. The molecule has 6 aliphatic rings. The van der Waals surface area contributed by atoms with Gasteiger partial charge in [-0.1, -0.05) is 55.2 Å². The number of carbonyl (C=O) groups is 8. The van der Waals surface area contributed by atoms with Crippen LogP contribution >= 0.6 is 23.2 Å². The Bertz CT molecular complexity index is 3730. The standard InChI is InChI=1S/C59H61Cl2FN8O21/c1-20(2)10-30(64-3)52(80)69-44-46(75)22-5-8-34(28(60)12-22)88-36-14-24-15-37(51(36)91-59-50(79)49(78)48(77)38(19-62)90-59)89-35-9-6-23(13-29(35)61)47(76)45-57(85)68-43(58(86)87)27-16-25(71)17-33(73)40(27)26-11-21(4-7-32(26)72)41(54(82)70-45)67-55(83)42(24)66-53(81)31(18-39(63)74)65-56(44)84/h4-9,11-17,20,30-31,38,41-50,59,64,71-73,75-79H,10,18-19H2,1-3H3,(H2,63,74)(H,65,84)(H,66,81)(H,67,83)(H,68,85)(H,69,80)(H,70,82)(H,86,87)/t30-,31+,38-,41-,42-,43+,44-,45+,46-,47-,48-,49+,50-,59+/m1/s1. The third-order valence-electron chi connectivity index (χ3n) is 15.4. The second-order valence-electron chi connectivity index (χ2n) is 22.2. The van der Waals surface area contributed by atoms with Gasteiger partial charge in [-0.25, -0.2) is 9.18 Å². The van der Waals surface area contributed by atoms with E-state index in [1.807, 2.05) is 13.8 Å². The first-order valence-corrected chi connectivity index (χ1v) is 28.6. The van der Waals surface area contributed by atoms with E-state index >= 15 is 14.4 Å². The lowest BCUT2D eigenvalue weighted by Crippen LogP contribution is -2.59. The molecular formula is C59H61Cl2FN8O21. The number of nitrogens with two attached hydrogens (primary N) is 1. The molecule has 6 heterocycles. The number of fused-ring (bicyclic) bond motifs is 15. The van der Waals surface area contributed by atoms with Gasteiger partial charge in [-0.3, -0.25) is 33.6 Å². The average molecular weight is 1310 g/mol. The van der Waals surface area contributed by atoms with Crippen LogP contribution in [0.1, 0.15) is 84.8 Å². The summed E-state index contributed by atoms with van der Waals surface area (Å²) in [5, 5.41) is 118. The number of alkyl halides is 1. The molecule has 32 heteroatoms. The van der Waals surface area contributed by atoms with Gasteiger partial charge in [-0.2, -0.15) is 0 Å². The number of carbonyl (C=O) groups excluding carboxylic acids is 7. The number of aliphatic hydroxyl groups is 5. The lowest BCUT2D eigenvalue weighted by atomic mass is 9.89. The molecule has 11 rings (SSSR count). The Morgan fingerprint density at radius 2 is 1.26 bits per heavy atom. The van der Waals surface area contributed by atoms with E-state index in [9.17, 15) is 74.3 Å². The minimum absolute atomic E-state index is 0.0875. The molecule has 0 aliphatic carbocycles. The SMILES string of the molecule is CN[C@H](CC(C)C)C(=O)N[C@H]1C(=O)N[C@@H](CC(N)=O)C(=O)N[C@H]2C(=O)N[C@H]3C(=O)N[C@H](C(=O)N[C@H](C(=O)O)c4cc(O)cc(O)c4-c4cc3ccc4O)[C@H](O)c3ccc(c(Cl)c3)Oc3cc2cc(c3O[C@@H]2O[C@H](CF)[C@@H](O)[C@H](O)[C@H]2O)Oc2ccc(cc2Cl)[C@H]1O. The number of halogens is 3. The van der Waals surface area contributed by atoms with Crippen LogP contribution in [0.15, 0.2) is 78.9 Å². The number of hydrogen-bond acceptors (Lipinski definition) is 21. The zero-order chi connectivity index (χ0) is 66.2. The van der Waals surface area contributed by atoms with Crippen LogP contribution in [-0.2, 0) is 43.1 Å². The van der Waals surface area contributed by atoms with Gasteiger partial charge < -0.3 is 108 Å². The van der Waals surface area contributed by atoms with Gasteiger partial charge in [0.1, 0.15) is 102 Å². The molecule has 5 aromatic rings. The van der Waals surface area contributed by atoms with Crippen LogP contribution in [0.25, 0.3) is 11.1 Å². The molecule has 6 aliphatic heterocycles. The number of hydrogen-bond donors (Lipinski definition) is 17. The predicted octanol–water partition coefficient (Wildman–Crippen LogP) is 0.846. The summed E-state index contributed by atoms with van der Waals surface area (Å²) in [6.45, 7) is 2.18. The summed E-state index contributed by atoms with van der Waals surface area (Å²) in [4.78, 5) is 115. The Kier molecular flexibility index (Phi) is 19.8. The lowest BCUT2D eigenvalue weighted by molar-refractivity contribution is -0.274. The highest BCUT2D eigenvalue weighted by Gasteiger charge is 2.47. The van der Waals surface area contributed by atoms with Gasteiger partial charge in [-0.15, -0.1) is 0 Å². The summed E-state index contributed by atoms with van der Waals surface area (Å²) >= 11 is 13.8. The predicted molar refractivity (Wildman–Crippen MR) is 312 cm³/mol. The number of benzene rings is 5. The van der Waals surface area contributed by atoms with Crippen molar-refractivity contribution in [3.63, 3.8) is 0 Å². The number of nitrogens with one attached hydrogen (secondary N) is 7. The molecule has 0 spiro atoms. The largest absolute Gasteiger partial charge is 0.508 e. The molecular weight excluding hydrogens is 1250 g/mol. The molecule has 0 saturated carbocycles. The Hall–Kier alpha value is -9.11. The number of likely N-dealkylation sites (N-methyl/N-ethyl adjacent to an activating group) is 1. The van der Waals surface area contributed by atoms with Crippen molar-refractivity contribution < 1.29 is 108 Å². The van der Waals surface area contributed by atoms with Gasteiger partial charge >= 0.3 is 5.97 Å². The van der Waals surface area contributed by atoms with Crippen molar-refractivity contribution in [1.82, 2.24) is 37.2 Å². The van der Waals surface area contributed by atoms with E-state index in [1.54, 1.807) is 0 Å². The Labute approximate surface area is 524 Å². The highest BCUT2D eigenvalue weighted by molar-refractivity contribution is 6.32.